The molecule has 2 aromatic heterocycles. The molecule has 0 saturated carbocycles. The first-order valence-electron chi connectivity index (χ1n) is 9.80. The van der Waals surface area contributed by atoms with E-state index < -0.39 is 0 Å². The van der Waals surface area contributed by atoms with Gasteiger partial charge in [0.25, 0.3) is 5.91 Å². The van der Waals surface area contributed by atoms with Gasteiger partial charge in [-0.1, -0.05) is 35.9 Å². The van der Waals surface area contributed by atoms with E-state index in [-0.39, 0.29) is 17.7 Å². The zero-order chi connectivity index (χ0) is 20.9. The maximum absolute atomic E-state index is 12.4. The van der Waals surface area contributed by atoms with Crippen molar-refractivity contribution in [1.29, 1.82) is 0 Å². The van der Waals surface area contributed by atoms with Crippen LogP contribution in [0.4, 0.5) is 0 Å². The van der Waals surface area contributed by atoms with Crippen molar-refractivity contribution in [2.24, 2.45) is 0 Å². The Labute approximate surface area is 179 Å². The molecule has 0 aliphatic rings. The fourth-order valence-corrected chi connectivity index (χ4v) is 3.56. The van der Waals surface area contributed by atoms with Crippen LogP contribution in [0.3, 0.4) is 0 Å². The van der Waals surface area contributed by atoms with E-state index in [1.807, 2.05) is 55.5 Å². The van der Waals surface area contributed by atoms with E-state index in [1.165, 1.54) is 6.26 Å². The monoisotopic (exact) mass is 423 g/mol. The van der Waals surface area contributed by atoms with Crippen LogP contribution in [-0.2, 0) is 6.54 Å². The summed E-state index contributed by atoms with van der Waals surface area (Å²) < 4.78 is 13.1. The van der Waals surface area contributed by atoms with E-state index in [0.29, 0.717) is 23.9 Å². The molecular weight excluding hydrogens is 402 g/mol. The number of aromatic nitrogens is 2. The number of amides is 1. The lowest BCUT2D eigenvalue weighted by molar-refractivity contribution is 0.0909. The smallest absolute Gasteiger partial charge is 0.287 e. The Morgan fingerprint density at radius 1 is 1.17 bits per heavy atom. The van der Waals surface area contributed by atoms with E-state index in [0.717, 1.165) is 23.3 Å². The number of furan rings is 1. The molecule has 1 unspecified atom stereocenters. The summed E-state index contributed by atoms with van der Waals surface area (Å²) in [6.07, 6.45) is 2.24. The summed E-state index contributed by atoms with van der Waals surface area (Å²) in [5.74, 6) is 1.47. The number of carbonyl (C=O) groups is 1. The quantitative estimate of drug-likeness (QED) is 0.393. The van der Waals surface area contributed by atoms with Gasteiger partial charge in [0.2, 0.25) is 0 Å². The average molecular weight is 424 g/mol. The molecule has 0 aliphatic heterocycles. The second kappa shape index (κ2) is 9.05. The summed E-state index contributed by atoms with van der Waals surface area (Å²) in [4.78, 5) is 17.1. The molecule has 4 aromatic rings. The highest BCUT2D eigenvalue weighted by Crippen LogP contribution is 2.24. The minimum Gasteiger partial charge on any atom is -0.492 e. The number of nitrogens with one attached hydrogen (secondary N) is 1. The third-order valence-corrected chi connectivity index (χ3v) is 5.10. The lowest BCUT2D eigenvalue weighted by Gasteiger charge is -2.16. The average Bonchev–Trinajstić information content (AvgIpc) is 3.41. The maximum atomic E-state index is 12.4. The number of nitrogens with zero attached hydrogens (tertiary/aromatic N) is 2. The van der Waals surface area contributed by atoms with E-state index in [1.54, 1.807) is 12.1 Å². The normalized spacial score (nSPS) is 12.1. The van der Waals surface area contributed by atoms with Crippen LogP contribution in [0.25, 0.3) is 11.0 Å². The molecule has 0 radical (unpaired) electrons. The van der Waals surface area contributed by atoms with Gasteiger partial charge in [-0.05, 0) is 49.7 Å². The standard InChI is InChI=1S/C23H22ClN3O3/c1-16(25-23(28)21-12-6-14-30-21)22-26-18-9-3-4-10-19(18)27(22)13-7-15-29-20-11-5-2-8-17(20)24/h2-6,8-12,14,16H,7,13,15H2,1H3,(H,25,28). The maximum Gasteiger partial charge on any atom is 0.287 e. The number of rotatable bonds is 8. The molecule has 7 heteroatoms. The molecule has 4 rings (SSSR count). The number of benzene rings is 2. The fraction of sp³-hybridized carbons (Fsp3) is 0.217. The molecule has 2 aromatic carbocycles. The SMILES string of the molecule is CC(NC(=O)c1ccco1)c1nc2ccccc2n1CCCOc1ccccc1Cl. The van der Waals surface area contributed by atoms with Crippen molar-refractivity contribution in [3.63, 3.8) is 0 Å². The number of fused-ring (bicyclic) bond motifs is 1. The van der Waals surface area contributed by atoms with Gasteiger partial charge < -0.3 is 19.0 Å². The van der Waals surface area contributed by atoms with Crippen LogP contribution >= 0.6 is 11.6 Å². The number of carbonyl (C=O) groups excluding carboxylic acids is 1. The predicted octanol–water partition coefficient (Wildman–Crippen LogP) is 5.24. The van der Waals surface area contributed by atoms with Crippen LogP contribution in [0.5, 0.6) is 5.75 Å². The lowest BCUT2D eigenvalue weighted by Crippen LogP contribution is -2.28. The first-order chi connectivity index (χ1) is 14.6. The molecule has 0 saturated heterocycles. The fourth-order valence-electron chi connectivity index (χ4n) is 3.37. The largest absolute Gasteiger partial charge is 0.492 e. The molecule has 154 valence electrons. The van der Waals surface area contributed by atoms with E-state index in [2.05, 4.69) is 9.88 Å². The Kier molecular flexibility index (Phi) is 6.05. The Bertz CT molecular complexity index is 1140. The molecular formula is C23H22ClN3O3. The van der Waals surface area contributed by atoms with Crippen LogP contribution in [0.15, 0.2) is 71.3 Å². The van der Waals surface area contributed by atoms with Gasteiger partial charge in [0.05, 0.1) is 35.0 Å². The van der Waals surface area contributed by atoms with Crippen molar-refractivity contribution in [2.45, 2.75) is 25.9 Å². The minimum atomic E-state index is -0.292. The summed E-state index contributed by atoms with van der Waals surface area (Å²) in [7, 11) is 0. The second-order valence-electron chi connectivity index (χ2n) is 6.92. The van der Waals surface area contributed by atoms with Crippen LogP contribution in [0, 0.1) is 0 Å². The summed E-state index contributed by atoms with van der Waals surface area (Å²) in [5.41, 5.74) is 1.91. The van der Waals surface area contributed by atoms with Crippen molar-refractivity contribution in [3.8, 4) is 5.75 Å². The Morgan fingerprint density at radius 2 is 1.97 bits per heavy atom. The second-order valence-corrected chi connectivity index (χ2v) is 7.32. The zero-order valence-corrected chi connectivity index (χ0v) is 17.3. The van der Waals surface area contributed by atoms with Crippen molar-refractivity contribution < 1.29 is 13.9 Å². The van der Waals surface area contributed by atoms with Crippen LogP contribution in [0.1, 0.15) is 35.8 Å². The lowest BCUT2D eigenvalue weighted by atomic mass is 10.2. The number of aryl methyl sites for hydroxylation is 1. The van der Waals surface area contributed by atoms with Gasteiger partial charge in [-0.25, -0.2) is 4.98 Å². The first kappa shape index (κ1) is 20.0. The Morgan fingerprint density at radius 3 is 2.77 bits per heavy atom. The number of imidazole rings is 1. The van der Waals surface area contributed by atoms with Gasteiger partial charge in [0, 0.05) is 6.54 Å². The molecule has 1 atom stereocenters. The molecule has 0 bridgehead atoms. The first-order valence-corrected chi connectivity index (χ1v) is 10.2. The van der Waals surface area contributed by atoms with E-state index in [9.17, 15) is 4.79 Å². The summed E-state index contributed by atoms with van der Waals surface area (Å²) >= 11 is 6.15. The van der Waals surface area contributed by atoms with Crippen molar-refractivity contribution in [1.82, 2.24) is 14.9 Å². The van der Waals surface area contributed by atoms with Gasteiger partial charge in [-0.3, -0.25) is 4.79 Å². The van der Waals surface area contributed by atoms with Gasteiger partial charge in [0.15, 0.2) is 5.76 Å². The molecule has 1 amide bonds. The van der Waals surface area contributed by atoms with Gasteiger partial charge in [-0.15, -0.1) is 0 Å². The molecule has 0 spiro atoms. The van der Waals surface area contributed by atoms with Gasteiger partial charge in [-0.2, -0.15) is 0 Å². The number of hydrogen-bond acceptors (Lipinski definition) is 4. The predicted molar refractivity (Wildman–Crippen MR) is 116 cm³/mol. The summed E-state index contributed by atoms with van der Waals surface area (Å²) in [6.45, 7) is 3.13. The third kappa shape index (κ3) is 4.33. The number of para-hydroxylation sites is 3. The molecule has 6 nitrogen and oxygen atoms in total. The topological polar surface area (TPSA) is 69.3 Å². The van der Waals surface area contributed by atoms with Gasteiger partial charge >= 0.3 is 0 Å². The van der Waals surface area contributed by atoms with Crippen molar-refractivity contribution >= 4 is 28.5 Å². The number of hydrogen-bond donors (Lipinski definition) is 1. The molecule has 2 heterocycles. The van der Waals surface area contributed by atoms with Crippen molar-refractivity contribution in [3.05, 3.63) is 83.5 Å². The summed E-state index contributed by atoms with van der Waals surface area (Å²) in [6, 6.07) is 18.4. The molecule has 30 heavy (non-hydrogen) atoms. The zero-order valence-electron chi connectivity index (χ0n) is 16.5. The number of ether oxygens (including phenoxy) is 1. The van der Waals surface area contributed by atoms with E-state index in [4.69, 9.17) is 25.7 Å². The molecule has 1 N–H and O–H groups in total. The van der Waals surface area contributed by atoms with E-state index >= 15 is 0 Å². The van der Waals surface area contributed by atoms with Crippen LogP contribution in [-0.4, -0.2) is 22.1 Å². The highest BCUT2D eigenvalue weighted by molar-refractivity contribution is 6.32. The molecule has 0 fully saturated rings. The third-order valence-electron chi connectivity index (χ3n) is 4.78. The van der Waals surface area contributed by atoms with Crippen LogP contribution in [0.2, 0.25) is 5.02 Å². The highest BCUT2D eigenvalue weighted by Gasteiger charge is 2.20. The minimum absolute atomic E-state index is 0.270. The van der Waals surface area contributed by atoms with Crippen molar-refractivity contribution in [2.75, 3.05) is 6.61 Å². The highest BCUT2D eigenvalue weighted by atomic mass is 35.5. The Hall–Kier alpha value is -3.25. The Balaban J connectivity index is 1.48. The number of halogens is 1. The van der Waals surface area contributed by atoms with Gasteiger partial charge in [0.1, 0.15) is 11.6 Å². The molecule has 0 aliphatic carbocycles. The van der Waals surface area contributed by atoms with Crippen LogP contribution < -0.4 is 10.1 Å². The summed E-state index contributed by atoms with van der Waals surface area (Å²) in [5, 5.41) is 3.56.